The number of hydrogen-bond donors (Lipinski definition) is 1. The first-order chi connectivity index (χ1) is 6.27. The Morgan fingerprint density at radius 1 is 1.46 bits per heavy atom. The van der Waals surface area contributed by atoms with Gasteiger partial charge in [0.05, 0.1) is 0 Å². The zero-order chi connectivity index (χ0) is 9.26. The van der Waals surface area contributed by atoms with Crippen LogP contribution >= 0.6 is 0 Å². The van der Waals surface area contributed by atoms with Crippen LogP contribution in [0, 0.1) is 6.92 Å². The molecule has 0 bridgehead atoms. The second kappa shape index (κ2) is 2.85. The third kappa shape index (κ3) is 1.35. The highest BCUT2D eigenvalue weighted by atomic mass is 16.5. The summed E-state index contributed by atoms with van der Waals surface area (Å²) in [6, 6.07) is 3.14. The summed E-state index contributed by atoms with van der Waals surface area (Å²) in [4.78, 5) is 7.86. The average Bonchev–Trinajstić information content (AvgIpc) is 2.53. The SMILES string of the molecule is Cc1noc(-c2ncccc2O)n1. The molecule has 13 heavy (non-hydrogen) atoms. The van der Waals surface area contributed by atoms with Crippen LogP contribution in [0.2, 0.25) is 0 Å². The van der Waals surface area contributed by atoms with Gasteiger partial charge < -0.3 is 9.63 Å². The minimum Gasteiger partial charge on any atom is -0.505 e. The first-order valence-corrected chi connectivity index (χ1v) is 3.72. The van der Waals surface area contributed by atoms with E-state index in [1.165, 1.54) is 6.07 Å². The van der Waals surface area contributed by atoms with E-state index in [-0.39, 0.29) is 11.6 Å². The van der Waals surface area contributed by atoms with Gasteiger partial charge in [-0.2, -0.15) is 4.98 Å². The number of nitrogens with zero attached hydrogens (tertiary/aromatic N) is 3. The Hall–Kier alpha value is -1.91. The van der Waals surface area contributed by atoms with Crippen molar-refractivity contribution >= 4 is 0 Å². The van der Waals surface area contributed by atoms with Crippen molar-refractivity contribution in [1.29, 1.82) is 0 Å². The van der Waals surface area contributed by atoms with Crippen molar-refractivity contribution in [2.75, 3.05) is 0 Å². The van der Waals surface area contributed by atoms with E-state index in [9.17, 15) is 5.11 Å². The van der Waals surface area contributed by atoms with Crippen LogP contribution in [-0.4, -0.2) is 20.2 Å². The Labute approximate surface area is 74.1 Å². The highest BCUT2D eigenvalue weighted by molar-refractivity contribution is 5.55. The fraction of sp³-hybridized carbons (Fsp3) is 0.125. The molecule has 0 atom stereocenters. The van der Waals surface area contributed by atoms with Crippen LogP contribution in [0.1, 0.15) is 5.82 Å². The van der Waals surface area contributed by atoms with Gasteiger partial charge in [-0.05, 0) is 19.1 Å². The van der Waals surface area contributed by atoms with Crippen LogP contribution in [0.15, 0.2) is 22.9 Å². The van der Waals surface area contributed by atoms with Gasteiger partial charge >= 0.3 is 0 Å². The summed E-state index contributed by atoms with van der Waals surface area (Å²) in [5, 5.41) is 13.0. The molecule has 1 N–H and O–H groups in total. The van der Waals surface area contributed by atoms with Gasteiger partial charge in [0.2, 0.25) is 0 Å². The molecule has 2 aromatic heterocycles. The van der Waals surface area contributed by atoms with Gasteiger partial charge in [-0.15, -0.1) is 0 Å². The minimum atomic E-state index is 0.0335. The third-order valence-corrected chi connectivity index (χ3v) is 1.52. The van der Waals surface area contributed by atoms with Gasteiger partial charge in [-0.3, -0.25) is 0 Å². The summed E-state index contributed by atoms with van der Waals surface area (Å²) in [6.45, 7) is 1.70. The molecule has 0 unspecified atom stereocenters. The third-order valence-electron chi connectivity index (χ3n) is 1.52. The lowest BCUT2D eigenvalue weighted by molar-refractivity contribution is 0.418. The average molecular weight is 177 g/mol. The molecule has 0 spiro atoms. The van der Waals surface area contributed by atoms with E-state index in [0.717, 1.165) is 0 Å². The largest absolute Gasteiger partial charge is 0.505 e. The van der Waals surface area contributed by atoms with Gasteiger partial charge in [0.1, 0.15) is 5.75 Å². The van der Waals surface area contributed by atoms with Gasteiger partial charge in [0.25, 0.3) is 5.89 Å². The minimum absolute atomic E-state index is 0.0335. The van der Waals surface area contributed by atoms with Gasteiger partial charge in [-0.1, -0.05) is 5.16 Å². The molecule has 5 nitrogen and oxygen atoms in total. The lowest BCUT2D eigenvalue weighted by atomic mass is 10.3. The van der Waals surface area contributed by atoms with Crippen molar-refractivity contribution in [3.05, 3.63) is 24.2 Å². The Morgan fingerprint density at radius 2 is 2.31 bits per heavy atom. The van der Waals surface area contributed by atoms with Crippen LogP contribution in [0.25, 0.3) is 11.6 Å². The van der Waals surface area contributed by atoms with E-state index in [0.29, 0.717) is 11.5 Å². The smallest absolute Gasteiger partial charge is 0.280 e. The summed E-state index contributed by atoms with van der Waals surface area (Å²) in [7, 11) is 0. The molecule has 0 amide bonds. The highest BCUT2D eigenvalue weighted by Crippen LogP contribution is 2.23. The number of aromatic hydroxyl groups is 1. The van der Waals surface area contributed by atoms with E-state index >= 15 is 0 Å². The quantitative estimate of drug-likeness (QED) is 0.707. The van der Waals surface area contributed by atoms with Crippen LogP contribution in [0.5, 0.6) is 5.75 Å². The lowest BCUT2D eigenvalue weighted by Crippen LogP contribution is -1.83. The summed E-state index contributed by atoms with van der Waals surface area (Å²) < 4.78 is 4.85. The van der Waals surface area contributed by atoms with E-state index < -0.39 is 0 Å². The van der Waals surface area contributed by atoms with Gasteiger partial charge in [-0.25, -0.2) is 4.98 Å². The van der Waals surface area contributed by atoms with Crippen LogP contribution in [0.3, 0.4) is 0 Å². The van der Waals surface area contributed by atoms with Crippen molar-refractivity contribution in [2.24, 2.45) is 0 Å². The molecule has 0 saturated carbocycles. The maximum absolute atomic E-state index is 9.38. The molecule has 0 radical (unpaired) electrons. The number of pyridine rings is 1. The second-order valence-electron chi connectivity index (χ2n) is 2.52. The molecule has 0 aliphatic heterocycles. The first-order valence-electron chi connectivity index (χ1n) is 3.72. The van der Waals surface area contributed by atoms with Crippen molar-refractivity contribution in [1.82, 2.24) is 15.1 Å². The summed E-state index contributed by atoms with van der Waals surface area (Å²) in [6.07, 6.45) is 1.55. The molecule has 0 aromatic carbocycles. The highest BCUT2D eigenvalue weighted by Gasteiger charge is 2.11. The zero-order valence-corrected chi connectivity index (χ0v) is 6.93. The molecule has 0 saturated heterocycles. The molecule has 0 aliphatic carbocycles. The molecular weight excluding hydrogens is 170 g/mol. The van der Waals surface area contributed by atoms with Crippen molar-refractivity contribution in [3.63, 3.8) is 0 Å². The van der Waals surface area contributed by atoms with E-state index in [2.05, 4.69) is 15.1 Å². The van der Waals surface area contributed by atoms with Gasteiger partial charge in [0, 0.05) is 6.20 Å². The maximum atomic E-state index is 9.38. The Morgan fingerprint density at radius 3 is 2.92 bits per heavy atom. The lowest BCUT2D eigenvalue weighted by Gasteiger charge is -1.94. The van der Waals surface area contributed by atoms with E-state index in [1.807, 2.05) is 0 Å². The van der Waals surface area contributed by atoms with Gasteiger partial charge in [0.15, 0.2) is 11.5 Å². The standard InChI is InChI=1S/C8H7N3O2/c1-5-10-8(13-11-5)7-6(12)3-2-4-9-7/h2-4,12H,1H3. The normalized spacial score (nSPS) is 10.2. The monoisotopic (exact) mass is 177 g/mol. The van der Waals surface area contributed by atoms with Crippen LogP contribution < -0.4 is 0 Å². The second-order valence-corrected chi connectivity index (χ2v) is 2.52. The van der Waals surface area contributed by atoms with E-state index in [4.69, 9.17) is 4.52 Å². The predicted molar refractivity (Wildman–Crippen MR) is 43.9 cm³/mol. The predicted octanol–water partition coefficient (Wildman–Crippen LogP) is 1.15. The number of hydrogen-bond acceptors (Lipinski definition) is 5. The molecule has 0 fully saturated rings. The van der Waals surface area contributed by atoms with Crippen molar-refractivity contribution in [3.8, 4) is 17.3 Å². The summed E-state index contributed by atoms with van der Waals surface area (Å²) in [5.74, 6) is 0.779. The molecule has 2 aromatic rings. The molecular formula is C8H7N3O2. The summed E-state index contributed by atoms with van der Waals surface area (Å²) >= 11 is 0. The summed E-state index contributed by atoms with van der Waals surface area (Å²) in [5.41, 5.74) is 0.308. The zero-order valence-electron chi connectivity index (χ0n) is 6.93. The first kappa shape index (κ1) is 7.72. The fourth-order valence-corrected chi connectivity index (χ4v) is 0.955. The van der Waals surface area contributed by atoms with Crippen molar-refractivity contribution in [2.45, 2.75) is 6.92 Å². The Bertz CT molecular complexity index is 425. The molecule has 2 heterocycles. The van der Waals surface area contributed by atoms with Crippen LogP contribution in [0.4, 0.5) is 0 Å². The molecule has 2 rings (SSSR count). The molecule has 0 aliphatic rings. The Balaban J connectivity index is 2.52. The van der Waals surface area contributed by atoms with Crippen molar-refractivity contribution < 1.29 is 9.63 Å². The molecule has 5 heteroatoms. The fourth-order valence-electron chi connectivity index (χ4n) is 0.955. The Kier molecular flexibility index (Phi) is 1.70. The molecule has 66 valence electrons. The maximum Gasteiger partial charge on any atom is 0.280 e. The number of aryl methyl sites for hydroxylation is 1. The van der Waals surface area contributed by atoms with Crippen LogP contribution in [-0.2, 0) is 0 Å². The van der Waals surface area contributed by atoms with E-state index in [1.54, 1.807) is 19.2 Å². The topological polar surface area (TPSA) is 72.0 Å². The number of aromatic nitrogens is 3. The number of rotatable bonds is 1.